The summed E-state index contributed by atoms with van der Waals surface area (Å²) in [5.74, 6) is 0.442. The molecule has 0 spiro atoms. The van der Waals surface area contributed by atoms with E-state index >= 15 is 0 Å². The summed E-state index contributed by atoms with van der Waals surface area (Å²) in [5, 5.41) is 0. The lowest BCUT2D eigenvalue weighted by atomic mass is 10.2. The highest BCUT2D eigenvalue weighted by molar-refractivity contribution is 9.10. The van der Waals surface area contributed by atoms with E-state index in [1.54, 1.807) is 12.1 Å². The molecule has 5 heteroatoms. The van der Waals surface area contributed by atoms with Crippen LogP contribution in [0.4, 0.5) is 0 Å². The lowest BCUT2D eigenvalue weighted by Crippen LogP contribution is -2.42. The molecule has 1 aliphatic carbocycles. The minimum absolute atomic E-state index is 0.0134. The van der Waals surface area contributed by atoms with Gasteiger partial charge in [-0.25, -0.2) is 0 Å². The Morgan fingerprint density at radius 1 is 1.32 bits per heavy atom. The number of hydrogen-bond acceptors (Lipinski definition) is 3. The van der Waals surface area contributed by atoms with Gasteiger partial charge in [0.1, 0.15) is 0 Å². The van der Waals surface area contributed by atoms with Crippen molar-refractivity contribution in [3.05, 3.63) is 22.6 Å². The minimum atomic E-state index is 0.0134. The molecule has 4 nitrogen and oxygen atoms in total. The standard InChI is InChI=1S/C14H21BrN2O2/c1-16(2)9-10-17(11-5-3-4-6-11)14(18)12-7-8-13(15)19-12/h7-8,11H,3-6,9-10H2,1-2H3. The van der Waals surface area contributed by atoms with E-state index in [2.05, 4.69) is 20.8 Å². The van der Waals surface area contributed by atoms with Crippen molar-refractivity contribution in [1.82, 2.24) is 9.80 Å². The van der Waals surface area contributed by atoms with E-state index in [1.807, 2.05) is 19.0 Å². The van der Waals surface area contributed by atoms with Crippen molar-refractivity contribution < 1.29 is 9.21 Å². The molecule has 1 aliphatic rings. The molecule has 19 heavy (non-hydrogen) atoms. The Morgan fingerprint density at radius 2 is 2.00 bits per heavy atom. The number of rotatable bonds is 5. The third-order valence-electron chi connectivity index (χ3n) is 3.60. The summed E-state index contributed by atoms with van der Waals surface area (Å²) in [7, 11) is 4.06. The fourth-order valence-electron chi connectivity index (χ4n) is 2.54. The molecule has 0 unspecified atom stereocenters. The lowest BCUT2D eigenvalue weighted by molar-refractivity contribution is 0.0633. The average molecular weight is 329 g/mol. The van der Waals surface area contributed by atoms with E-state index in [-0.39, 0.29) is 5.91 Å². The maximum absolute atomic E-state index is 12.6. The molecule has 1 fully saturated rings. The van der Waals surface area contributed by atoms with Gasteiger partial charge in [-0.05, 0) is 55.0 Å². The Hall–Kier alpha value is -0.810. The van der Waals surface area contributed by atoms with Gasteiger partial charge in [-0.15, -0.1) is 0 Å². The fourth-order valence-corrected chi connectivity index (χ4v) is 2.85. The van der Waals surface area contributed by atoms with Gasteiger partial charge in [0.05, 0.1) is 0 Å². The van der Waals surface area contributed by atoms with Gasteiger partial charge >= 0.3 is 0 Å². The topological polar surface area (TPSA) is 36.7 Å². The Morgan fingerprint density at radius 3 is 2.53 bits per heavy atom. The van der Waals surface area contributed by atoms with Crippen LogP contribution in [-0.2, 0) is 0 Å². The molecule has 2 rings (SSSR count). The van der Waals surface area contributed by atoms with Gasteiger partial charge in [0.2, 0.25) is 0 Å². The fraction of sp³-hybridized carbons (Fsp3) is 0.643. The molecule has 0 N–H and O–H groups in total. The third-order valence-corrected chi connectivity index (χ3v) is 4.02. The van der Waals surface area contributed by atoms with E-state index in [4.69, 9.17) is 4.42 Å². The molecule has 0 saturated heterocycles. The van der Waals surface area contributed by atoms with Crippen LogP contribution >= 0.6 is 15.9 Å². The highest BCUT2D eigenvalue weighted by Crippen LogP contribution is 2.25. The molecule has 1 heterocycles. The predicted octanol–water partition coefficient (Wildman–Crippen LogP) is 2.99. The van der Waals surface area contributed by atoms with Crippen molar-refractivity contribution in [3.63, 3.8) is 0 Å². The molecule has 0 radical (unpaired) electrons. The number of carbonyl (C=O) groups excluding carboxylic acids is 1. The number of amides is 1. The van der Waals surface area contributed by atoms with Crippen molar-refractivity contribution >= 4 is 21.8 Å². The average Bonchev–Trinajstić information content (AvgIpc) is 3.00. The summed E-state index contributed by atoms with van der Waals surface area (Å²) in [6, 6.07) is 3.88. The quantitative estimate of drug-likeness (QED) is 0.833. The molecule has 1 saturated carbocycles. The van der Waals surface area contributed by atoms with Gasteiger partial charge in [0.25, 0.3) is 5.91 Å². The van der Waals surface area contributed by atoms with Gasteiger partial charge in [0, 0.05) is 19.1 Å². The maximum atomic E-state index is 12.6. The van der Waals surface area contributed by atoms with Crippen LogP contribution in [0.3, 0.4) is 0 Å². The zero-order valence-corrected chi connectivity index (χ0v) is 13.1. The predicted molar refractivity (Wildman–Crippen MR) is 78.3 cm³/mol. The van der Waals surface area contributed by atoms with Crippen molar-refractivity contribution in [2.24, 2.45) is 0 Å². The minimum Gasteiger partial charge on any atom is -0.444 e. The normalized spacial score (nSPS) is 16.2. The van der Waals surface area contributed by atoms with Crippen LogP contribution in [0, 0.1) is 0 Å². The zero-order chi connectivity index (χ0) is 13.8. The molecule has 106 valence electrons. The summed E-state index contributed by atoms with van der Waals surface area (Å²) in [4.78, 5) is 16.6. The molecule has 0 atom stereocenters. The van der Waals surface area contributed by atoms with E-state index in [0.717, 1.165) is 25.9 Å². The molecule has 1 aromatic heterocycles. The highest BCUT2D eigenvalue weighted by atomic mass is 79.9. The Kier molecular flexibility index (Phi) is 5.05. The van der Waals surface area contributed by atoms with E-state index < -0.39 is 0 Å². The van der Waals surface area contributed by atoms with Gasteiger partial charge in [-0.2, -0.15) is 0 Å². The van der Waals surface area contributed by atoms with Crippen LogP contribution in [0.25, 0.3) is 0 Å². The van der Waals surface area contributed by atoms with Crippen molar-refractivity contribution in [1.29, 1.82) is 0 Å². The van der Waals surface area contributed by atoms with Gasteiger partial charge < -0.3 is 14.2 Å². The Labute approximate surface area is 122 Å². The van der Waals surface area contributed by atoms with Crippen LogP contribution in [0.5, 0.6) is 0 Å². The summed E-state index contributed by atoms with van der Waals surface area (Å²) >= 11 is 3.25. The first kappa shape index (κ1) is 14.6. The number of likely N-dealkylation sites (N-methyl/N-ethyl adjacent to an activating group) is 1. The molecule has 0 bridgehead atoms. The van der Waals surface area contributed by atoms with Crippen molar-refractivity contribution in [2.75, 3.05) is 27.2 Å². The van der Waals surface area contributed by atoms with E-state index in [0.29, 0.717) is 16.5 Å². The van der Waals surface area contributed by atoms with Crippen LogP contribution in [0.15, 0.2) is 21.2 Å². The summed E-state index contributed by atoms with van der Waals surface area (Å²) in [6.07, 6.45) is 4.67. The monoisotopic (exact) mass is 328 g/mol. The summed E-state index contributed by atoms with van der Waals surface area (Å²) < 4.78 is 6.01. The molecular formula is C14H21BrN2O2. The Bertz CT molecular complexity index is 425. The molecular weight excluding hydrogens is 308 g/mol. The van der Waals surface area contributed by atoms with Crippen LogP contribution < -0.4 is 0 Å². The Balaban J connectivity index is 2.09. The van der Waals surface area contributed by atoms with Gasteiger partial charge in [0.15, 0.2) is 10.4 Å². The second-order valence-electron chi connectivity index (χ2n) is 5.34. The second-order valence-corrected chi connectivity index (χ2v) is 6.13. The lowest BCUT2D eigenvalue weighted by Gasteiger charge is -2.29. The first-order valence-corrected chi connectivity index (χ1v) is 7.58. The summed E-state index contributed by atoms with van der Waals surface area (Å²) in [5.41, 5.74) is 0. The van der Waals surface area contributed by atoms with Crippen molar-refractivity contribution in [3.8, 4) is 0 Å². The molecule has 0 aliphatic heterocycles. The highest BCUT2D eigenvalue weighted by Gasteiger charge is 2.28. The number of carbonyl (C=O) groups is 1. The van der Waals surface area contributed by atoms with Crippen LogP contribution in [0.1, 0.15) is 36.2 Å². The maximum Gasteiger partial charge on any atom is 0.289 e. The summed E-state index contributed by atoms with van der Waals surface area (Å²) in [6.45, 7) is 1.64. The molecule has 1 amide bonds. The zero-order valence-electron chi connectivity index (χ0n) is 11.6. The number of nitrogens with zero attached hydrogens (tertiary/aromatic N) is 2. The molecule has 1 aromatic rings. The number of furan rings is 1. The van der Waals surface area contributed by atoms with Crippen LogP contribution in [0.2, 0.25) is 0 Å². The van der Waals surface area contributed by atoms with E-state index in [9.17, 15) is 4.79 Å². The number of hydrogen-bond donors (Lipinski definition) is 0. The first-order chi connectivity index (χ1) is 9.08. The first-order valence-electron chi connectivity index (χ1n) is 6.79. The van der Waals surface area contributed by atoms with Crippen molar-refractivity contribution in [2.45, 2.75) is 31.7 Å². The van der Waals surface area contributed by atoms with Gasteiger partial charge in [-0.1, -0.05) is 12.8 Å². The third kappa shape index (κ3) is 3.83. The van der Waals surface area contributed by atoms with Gasteiger partial charge in [-0.3, -0.25) is 4.79 Å². The SMILES string of the molecule is CN(C)CCN(C(=O)c1ccc(Br)o1)C1CCCC1. The molecule has 0 aromatic carbocycles. The van der Waals surface area contributed by atoms with Crippen LogP contribution in [-0.4, -0.2) is 48.9 Å². The number of halogens is 1. The largest absolute Gasteiger partial charge is 0.444 e. The second kappa shape index (κ2) is 6.57. The van der Waals surface area contributed by atoms with E-state index in [1.165, 1.54) is 12.8 Å². The smallest absolute Gasteiger partial charge is 0.289 e.